The number of benzene rings is 2. The summed E-state index contributed by atoms with van der Waals surface area (Å²) < 4.78 is 0. The molecular weight excluding hydrogens is 299 g/mol. The van der Waals surface area contributed by atoms with Gasteiger partial charge in [-0.3, -0.25) is 10.1 Å². The van der Waals surface area contributed by atoms with Crippen LogP contribution in [-0.2, 0) is 0 Å². The van der Waals surface area contributed by atoms with E-state index in [0.29, 0.717) is 21.3 Å². The Bertz CT molecular complexity index is 647. The third-order valence-electron chi connectivity index (χ3n) is 2.90. The molecule has 1 atom stereocenters. The summed E-state index contributed by atoms with van der Waals surface area (Å²) in [7, 11) is 0. The summed E-state index contributed by atoms with van der Waals surface area (Å²) in [5, 5.41) is 15.2. The number of rotatable bonds is 4. The quantitative estimate of drug-likeness (QED) is 0.633. The second-order valence-corrected chi connectivity index (χ2v) is 5.15. The van der Waals surface area contributed by atoms with E-state index >= 15 is 0 Å². The topological polar surface area (TPSA) is 55.2 Å². The van der Waals surface area contributed by atoms with Crippen molar-refractivity contribution >= 4 is 34.6 Å². The van der Waals surface area contributed by atoms with Crippen LogP contribution in [0.15, 0.2) is 42.5 Å². The zero-order valence-corrected chi connectivity index (χ0v) is 12.2. The Balaban J connectivity index is 2.28. The highest BCUT2D eigenvalue weighted by Crippen LogP contribution is 2.31. The zero-order valence-electron chi connectivity index (χ0n) is 10.6. The number of nitrogens with zero attached hydrogens (tertiary/aromatic N) is 1. The van der Waals surface area contributed by atoms with E-state index in [1.54, 1.807) is 36.4 Å². The summed E-state index contributed by atoms with van der Waals surface area (Å²) >= 11 is 11.9. The van der Waals surface area contributed by atoms with Gasteiger partial charge >= 0.3 is 0 Å². The molecular formula is C14H12Cl2N2O2. The summed E-state index contributed by atoms with van der Waals surface area (Å²) in [6.07, 6.45) is 0. The minimum Gasteiger partial charge on any atom is -0.377 e. The van der Waals surface area contributed by atoms with Gasteiger partial charge in [0.1, 0.15) is 0 Å². The second kappa shape index (κ2) is 6.11. The van der Waals surface area contributed by atoms with Gasteiger partial charge < -0.3 is 5.32 Å². The second-order valence-electron chi connectivity index (χ2n) is 4.31. The molecule has 4 nitrogen and oxygen atoms in total. The molecule has 2 aromatic rings. The van der Waals surface area contributed by atoms with Crippen molar-refractivity contribution in [3.05, 3.63) is 68.2 Å². The first kappa shape index (κ1) is 14.6. The molecule has 0 bridgehead atoms. The summed E-state index contributed by atoms with van der Waals surface area (Å²) in [6, 6.07) is 11.4. The number of para-hydroxylation sites is 1. The lowest BCUT2D eigenvalue weighted by Gasteiger charge is -2.16. The summed E-state index contributed by atoms with van der Waals surface area (Å²) in [6.45, 7) is 1.84. The Morgan fingerprint density at radius 1 is 1.20 bits per heavy atom. The van der Waals surface area contributed by atoms with Crippen LogP contribution in [0, 0.1) is 10.1 Å². The van der Waals surface area contributed by atoms with Gasteiger partial charge in [0.05, 0.1) is 27.2 Å². The van der Waals surface area contributed by atoms with Crippen molar-refractivity contribution in [2.24, 2.45) is 0 Å². The fraction of sp³-hybridized carbons (Fsp3) is 0.143. The molecule has 2 rings (SSSR count). The van der Waals surface area contributed by atoms with Crippen molar-refractivity contribution in [3.8, 4) is 0 Å². The number of nitrogens with one attached hydrogen (secondary N) is 1. The van der Waals surface area contributed by atoms with E-state index in [-0.39, 0.29) is 11.7 Å². The Hall–Kier alpha value is -1.78. The first-order valence-electron chi connectivity index (χ1n) is 5.94. The van der Waals surface area contributed by atoms with E-state index in [1.165, 1.54) is 6.07 Å². The number of nitro benzene ring substituents is 1. The smallest absolute Gasteiger partial charge is 0.274 e. The normalized spacial score (nSPS) is 11.9. The van der Waals surface area contributed by atoms with E-state index in [4.69, 9.17) is 23.2 Å². The molecule has 0 fully saturated rings. The van der Waals surface area contributed by atoms with Crippen LogP contribution in [0.4, 0.5) is 11.4 Å². The SMILES string of the molecule is CC(Nc1ccc(Cl)cc1Cl)c1ccccc1[N+](=O)[O-]. The average Bonchev–Trinajstić information content (AvgIpc) is 2.41. The fourth-order valence-corrected chi connectivity index (χ4v) is 2.40. The molecule has 0 aliphatic heterocycles. The van der Waals surface area contributed by atoms with Crippen LogP contribution in [0.2, 0.25) is 10.0 Å². The fourth-order valence-electron chi connectivity index (χ4n) is 1.94. The molecule has 104 valence electrons. The predicted molar refractivity (Wildman–Crippen MR) is 81.6 cm³/mol. The van der Waals surface area contributed by atoms with Crippen LogP contribution in [0.25, 0.3) is 0 Å². The van der Waals surface area contributed by atoms with Crippen LogP contribution in [0.3, 0.4) is 0 Å². The summed E-state index contributed by atoms with van der Waals surface area (Å²) in [4.78, 5) is 10.6. The molecule has 0 aromatic heterocycles. The van der Waals surface area contributed by atoms with Gasteiger partial charge in [0, 0.05) is 11.1 Å². The Kier molecular flexibility index (Phi) is 4.47. The average molecular weight is 311 g/mol. The lowest BCUT2D eigenvalue weighted by molar-refractivity contribution is -0.385. The molecule has 0 heterocycles. The monoisotopic (exact) mass is 310 g/mol. The molecule has 0 aliphatic carbocycles. The molecule has 0 amide bonds. The van der Waals surface area contributed by atoms with Crippen molar-refractivity contribution < 1.29 is 4.92 Å². The molecule has 0 radical (unpaired) electrons. The van der Waals surface area contributed by atoms with Gasteiger partial charge in [0.15, 0.2) is 0 Å². The van der Waals surface area contributed by atoms with Gasteiger partial charge in [-0.2, -0.15) is 0 Å². The predicted octanol–water partition coefficient (Wildman–Crippen LogP) is 5.07. The highest BCUT2D eigenvalue weighted by molar-refractivity contribution is 6.36. The molecule has 2 aromatic carbocycles. The van der Waals surface area contributed by atoms with E-state index in [1.807, 2.05) is 6.92 Å². The minimum absolute atomic E-state index is 0.0811. The van der Waals surface area contributed by atoms with Crippen molar-refractivity contribution in [2.75, 3.05) is 5.32 Å². The molecule has 20 heavy (non-hydrogen) atoms. The van der Waals surface area contributed by atoms with E-state index < -0.39 is 4.92 Å². The van der Waals surface area contributed by atoms with Gasteiger partial charge in [-0.1, -0.05) is 41.4 Å². The van der Waals surface area contributed by atoms with E-state index in [2.05, 4.69) is 5.32 Å². The van der Waals surface area contributed by atoms with Gasteiger partial charge in [-0.15, -0.1) is 0 Å². The number of hydrogen-bond donors (Lipinski definition) is 1. The van der Waals surface area contributed by atoms with Crippen molar-refractivity contribution in [3.63, 3.8) is 0 Å². The molecule has 1 unspecified atom stereocenters. The molecule has 6 heteroatoms. The third-order valence-corrected chi connectivity index (χ3v) is 3.45. The maximum Gasteiger partial charge on any atom is 0.274 e. The maximum atomic E-state index is 11.0. The van der Waals surface area contributed by atoms with Crippen LogP contribution >= 0.6 is 23.2 Å². The standard InChI is InChI=1S/C14H12Cl2N2O2/c1-9(11-4-2-3-5-14(11)18(19)20)17-13-7-6-10(15)8-12(13)16/h2-9,17H,1H3. The van der Waals surface area contributed by atoms with Crippen LogP contribution in [0.1, 0.15) is 18.5 Å². The van der Waals surface area contributed by atoms with E-state index in [0.717, 1.165) is 0 Å². The Labute approximate surface area is 126 Å². The van der Waals surface area contributed by atoms with Gasteiger partial charge in [0.25, 0.3) is 5.69 Å². The number of hydrogen-bond acceptors (Lipinski definition) is 3. The molecule has 0 spiro atoms. The first-order chi connectivity index (χ1) is 9.49. The van der Waals surface area contributed by atoms with Crippen LogP contribution < -0.4 is 5.32 Å². The highest BCUT2D eigenvalue weighted by atomic mass is 35.5. The van der Waals surface area contributed by atoms with Gasteiger partial charge in [-0.25, -0.2) is 0 Å². The number of anilines is 1. The first-order valence-corrected chi connectivity index (χ1v) is 6.69. The number of halogens is 2. The molecule has 0 saturated heterocycles. The van der Waals surface area contributed by atoms with Crippen molar-refractivity contribution in [1.29, 1.82) is 0 Å². The van der Waals surface area contributed by atoms with Gasteiger partial charge in [0.2, 0.25) is 0 Å². The molecule has 1 N–H and O–H groups in total. The van der Waals surface area contributed by atoms with Crippen molar-refractivity contribution in [1.82, 2.24) is 0 Å². The Morgan fingerprint density at radius 2 is 1.90 bits per heavy atom. The zero-order chi connectivity index (χ0) is 14.7. The summed E-state index contributed by atoms with van der Waals surface area (Å²) in [5.41, 5.74) is 1.36. The maximum absolute atomic E-state index is 11.0. The lowest BCUT2D eigenvalue weighted by Crippen LogP contribution is -2.09. The van der Waals surface area contributed by atoms with Gasteiger partial charge in [-0.05, 0) is 25.1 Å². The lowest BCUT2D eigenvalue weighted by atomic mass is 10.1. The number of nitro groups is 1. The van der Waals surface area contributed by atoms with Crippen LogP contribution in [-0.4, -0.2) is 4.92 Å². The molecule has 0 aliphatic rings. The van der Waals surface area contributed by atoms with E-state index in [9.17, 15) is 10.1 Å². The highest BCUT2D eigenvalue weighted by Gasteiger charge is 2.18. The largest absolute Gasteiger partial charge is 0.377 e. The van der Waals surface area contributed by atoms with Crippen LogP contribution in [0.5, 0.6) is 0 Å². The Morgan fingerprint density at radius 3 is 2.55 bits per heavy atom. The van der Waals surface area contributed by atoms with Crippen molar-refractivity contribution in [2.45, 2.75) is 13.0 Å². The summed E-state index contributed by atoms with van der Waals surface area (Å²) in [5.74, 6) is 0. The molecule has 0 saturated carbocycles. The minimum atomic E-state index is -0.392. The third kappa shape index (κ3) is 3.21.